The van der Waals surface area contributed by atoms with Crippen molar-refractivity contribution in [3.8, 4) is 5.75 Å². The molecule has 3 atom stereocenters. The zero-order valence-corrected chi connectivity index (χ0v) is 17.8. The van der Waals surface area contributed by atoms with Crippen LogP contribution in [0.4, 0.5) is 8.78 Å². The third-order valence-corrected chi connectivity index (χ3v) is 7.19. The van der Waals surface area contributed by atoms with Crippen molar-refractivity contribution in [2.75, 3.05) is 26.7 Å². The van der Waals surface area contributed by atoms with Gasteiger partial charge >= 0.3 is 0 Å². The van der Waals surface area contributed by atoms with E-state index in [0.717, 1.165) is 50.7 Å². The third-order valence-electron chi connectivity index (χ3n) is 7.19. The predicted octanol–water partition coefficient (Wildman–Crippen LogP) is 4.20. The van der Waals surface area contributed by atoms with E-state index in [2.05, 4.69) is 21.9 Å². The van der Waals surface area contributed by atoms with Crippen molar-refractivity contribution in [1.82, 2.24) is 9.80 Å². The van der Waals surface area contributed by atoms with E-state index in [0.29, 0.717) is 18.0 Å². The quantitative estimate of drug-likeness (QED) is 0.719. The number of carbonyl (C=O) groups excluding carboxylic acids is 1. The van der Waals surface area contributed by atoms with Crippen LogP contribution in [0.1, 0.15) is 36.3 Å². The number of amides is 1. The molecule has 2 heterocycles. The van der Waals surface area contributed by atoms with Crippen molar-refractivity contribution in [2.45, 2.75) is 37.8 Å². The highest BCUT2D eigenvalue weighted by Gasteiger charge is 2.49. The first-order chi connectivity index (χ1) is 15.0. The number of hydrogen-bond acceptors (Lipinski definition) is 3. The molecule has 0 spiro atoms. The SMILES string of the molecule is COc1ccc([C@@H]2CN(C(=O)C3CC3)[C@H]3CCN(Cc4cccc(F)c4F)C[C@@H]23)cc1. The van der Waals surface area contributed by atoms with Crippen molar-refractivity contribution in [3.63, 3.8) is 0 Å². The highest BCUT2D eigenvalue weighted by atomic mass is 19.2. The van der Waals surface area contributed by atoms with E-state index in [1.54, 1.807) is 19.2 Å². The molecule has 2 aromatic carbocycles. The number of piperidine rings is 1. The van der Waals surface area contributed by atoms with Gasteiger partial charge in [-0.2, -0.15) is 0 Å². The highest BCUT2D eigenvalue weighted by Crippen LogP contribution is 2.44. The maximum absolute atomic E-state index is 14.2. The van der Waals surface area contributed by atoms with Crippen LogP contribution in [0.5, 0.6) is 5.75 Å². The van der Waals surface area contributed by atoms with Crippen molar-refractivity contribution < 1.29 is 18.3 Å². The van der Waals surface area contributed by atoms with Gasteiger partial charge in [0.25, 0.3) is 0 Å². The van der Waals surface area contributed by atoms with Crippen LogP contribution in [0.25, 0.3) is 0 Å². The van der Waals surface area contributed by atoms with Crippen molar-refractivity contribution in [3.05, 3.63) is 65.2 Å². The lowest BCUT2D eigenvalue weighted by Crippen LogP contribution is -2.48. The second-order valence-electron chi connectivity index (χ2n) is 9.11. The predicted molar refractivity (Wildman–Crippen MR) is 114 cm³/mol. The van der Waals surface area contributed by atoms with Crippen LogP contribution in [0, 0.1) is 23.5 Å². The Balaban J connectivity index is 1.38. The van der Waals surface area contributed by atoms with Gasteiger partial charge in [-0.1, -0.05) is 24.3 Å². The Kier molecular flexibility index (Phi) is 5.42. The number of nitrogens with zero attached hydrogens (tertiary/aromatic N) is 2. The fraction of sp³-hybridized carbons (Fsp3) is 0.480. The Bertz CT molecular complexity index is 960. The number of fused-ring (bicyclic) bond motifs is 1. The van der Waals surface area contributed by atoms with Gasteiger partial charge in [-0.05, 0) is 43.0 Å². The molecule has 0 aromatic heterocycles. The summed E-state index contributed by atoms with van der Waals surface area (Å²) in [5, 5.41) is 0. The van der Waals surface area contributed by atoms with Gasteiger partial charge in [-0.25, -0.2) is 8.78 Å². The number of methoxy groups -OCH3 is 1. The molecule has 2 aliphatic heterocycles. The highest BCUT2D eigenvalue weighted by molar-refractivity contribution is 5.82. The van der Waals surface area contributed by atoms with E-state index in [1.807, 2.05) is 12.1 Å². The lowest BCUT2D eigenvalue weighted by Gasteiger charge is -2.39. The number of rotatable bonds is 5. The zero-order valence-electron chi connectivity index (χ0n) is 17.8. The Morgan fingerprint density at radius 1 is 1.06 bits per heavy atom. The van der Waals surface area contributed by atoms with Gasteiger partial charge in [0.2, 0.25) is 5.91 Å². The van der Waals surface area contributed by atoms with Gasteiger partial charge in [0, 0.05) is 55.5 Å². The molecule has 0 radical (unpaired) electrons. The first-order valence-electron chi connectivity index (χ1n) is 11.1. The molecule has 2 aromatic rings. The van der Waals surface area contributed by atoms with Gasteiger partial charge in [-0.3, -0.25) is 9.69 Å². The Hall–Kier alpha value is -2.47. The lowest BCUT2D eigenvalue weighted by molar-refractivity contribution is -0.134. The average Bonchev–Trinajstić information content (AvgIpc) is 3.57. The van der Waals surface area contributed by atoms with E-state index < -0.39 is 11.6 Å². The lowest BCUT2D eigenvalue weighted by atomic mass is 9.81. The first-order valence-corrected chi connectivity index (χ1v) is 11.1. The van der Waals surface area contributed by atoms with Crippen LogP contribution in [0.15, 0.2) is 42.5 Å². The largest absolute Gasteiger partial charge is 0.497 e. The van der Waals surface area contributed by atoms with Crippen molar-refractivity contribution in [1.29, 1.82) is 0 Å². The van der Waals surface area contributed by atoms with Crippen LogP contribution in [-0.4, -0.2) is 48.5 Å². The fourth-order valence-corrected chi connectivity index (χ4v) is 5.38. The number of ether oxygens (including phenoxy) is 1. The first kappa shape index (κ1) is 20.4. The van der Waals surface area contributed by atoms with Crippen molar-refractivity contribution >= 4 is 5.91 Å². The summed E-state index contributed by atoms with van der Waals surface area (Å²) in [6, 6.07) is 12.7. The molecule has 0 bridgehead atoms. The Labute approximate surface area is 181 Å². The van der Waals surface area contributed by atoms with E-state index in [4.69, 9.17) is 4.74 Å². The summed E-state index contributed by atoms with van der Waals surface area (Å²) >= 11 is 0. The molecule has 31 heavy (non-hydrogen) atoms. The third kappa shape index (κ3) is 3.93. The van der Waals surface area contributed by atoms with Gasteiger partial charge < -0.3 is 9.64 Å². The summed E-state index contributed by atoms with van der Waals surface area (Å²) in [5.74, 6) is 0.278. The van der Waals surface area contributed by atoms with Crippen LogP contribution in [0.3, 0.4) is 0 Å². The molecule has 3 fully saturated rings. The average molecular weight is 427 g/mol. The summed E-state index contributed by atoms with van der Waals surface area (Å²) < 4.78 is 33.2. The molecule has 6 heteroatoms. The zero-order chi connectivity index (χ0) is 21.5. The molecule has 0 N–H and O–H groups in total. The minimum Gasteiger partial charge on any atom is -0.497 e. The van der Waals surface area contributed by atoms with E-state index >= 15 is 0 Å². The maximum Gasteiger partial charge on any atom is 0.225 e. The van der Waals surface area contributed by atoms with Crippen LogP contribution in [0.2, 0.25) is 0 Å². The molecule has 2 saturated heterocycles. The molecular formula is C25H28F2N2O2. The van der Waals surface area contributed by atoms with Crippen molar-refractivity contribution in [2.24, 2.45) is 11.8 Å². The fourth-order valence-electron chi connectivity index (χ4n) is 5.38. The number of hydrogen-bond donors (Lipinski definition) is 0. The normalized spacial score (nSPS) is 26.0. The molecule has 3 aliphatic rings. The number of carbonyl (C=O) groups is 1. The number of halogens is 2. The molecule has 1 amide bonds. The monoisotopic (exact) mass is 426 g/mol. The van der Waals surface area contributed by atoms with Gasteiger partial charge in [0.1, 0.15) is 5.75 Å². The minimum absolute atomic E-state index is 0.203. The van der Waals surface area contributed by atoms with E-state index in [1.165, 1.54) is 5.56 Å². The summed E-state index contributed by atoms with van der Waals surface area (Å²) in [7, 11) is 1.65. The standard InChI is InChI=1S/C25H28F2N2O2/c1-31-19-9-7-16(8-10-19)20-15-29(25(30)17-5-6-17)23-11-12-28(14-21(20)23)13-18-3-2-4-22(26)24(18)27/h2-4,7-10,17,20-21,23H,5-6,11-15H2,1H3/t20-,21-,23-/m0/s1. The topological polar surface area (TPSA) is 32.8 Å². The minimum atomic E-state index is -0.800. The summed E-state index contributed by atoms with van der Waals surface area (Å²) in [6.07, 6.45) is 2.88. The summed E-state index contributed by atoms with van der Waals surface area (Å²) in [4.78, 5) is 17.3. The number of benzene rings is 2. The van der Waals surface area contributed by atoms with Gasteiger partial charge in [0.15, 0.2) is 11.6 Å². The molecule has 164 valence electrons. The van der Waals surface area contributed by atoms with Crippen LogP contribution in [-0.2, 0) is 11.3 Å². The second kappa shape index (κ2) is 8.23. The Morgan fingerprint density at radius 2 is 1.84 bits per heavy atom. The smallest absolute Gasteiger partial charge is 0.225 e. The molecule has 1 saturated carbocycles. The molecule has 0 unspecified atom stereocenters. The molecule has 4 nitrogen and oxygen atoms in total. The van der Waals surface area contributed by atoms with Crippen LogP contribution >= 0.6 is 0 Å². The van der Waals surface area contributed by atoms with Crippen LogP contribution < -0.4 is 4.74 Å². The van der Waals surface area contributed by atoms with E-state index in [-0.39, 0.29) is 23.8 Å². The number of likely N-dealkylation sites (tertiary alicyclic amines) is 2. The molecule has 5 rings (SSSR count). The molecule has 1 aliphatic carbocycles. The Morgan fingerprint density at radius 3 is 2.55 bits per heavy atom. The maximum atomic E-state index is 14.2. The van der Waals surface area contributed by atoms with Gasteiger partial charge in [0.05, 0.1) is 7.11 Å². The second-order valence-corrected chi connectivity index (χ2v) is 9.11. The summed E-state index contributed by atoms with van der Waals surface area (Å²) in [5.41, 5.74) is 1.60. The van der Waals surface area contributed by atoms with E-state index in [9.17, 15) is 13.6 Å². The summed E-state index contributed by atoms with van der Waals surface area (Å²) in [6.45, 7) is 2.67. The van der Waals surface area contributed by atoms with Gasteiger partial charge in [-0.15, -0.1) is 0 Å². The molecular weight excluding hydrogens is 398 g/mol.